The number of ether oxygens (including phenoxy) is 1. The van der Waals surface area contributed by atoms with E-state index in [9.17, 15) is 5.11 Å². The van der Waals surface area contributed by atoms with E-state index >= 15 is 0 Å². The molecule has 0 spiro atoms. The predicted molar refractivity (Wildman–Crippen MR) is 183 cm³/mol. The second-order valence-corrected chi connectivity index (χ2v) is 13.6. The summed E-state index contributed by atoms with van der Waals surface area (Å²) in [6, 6.07) is 34.4. The first-order valence-electron chi connectivity index (χ1n) is 16.0. The number of aromatic nitrogens is 1. The van der Waals surface area contributed by atoms with Crippen LogP contribution in [0, 0.1) is 6.07 Å². The van der Waals surface area contributed by atoms with Crippen LogP contribution in [0.1, 0.15) is 93.7 Å². The Morgan fingerprint density at radius 3 is 2.28 bits per heavy atom. The number of aromatic hydroxyl groups is 1. The van der Waals surface area contributed by atoms with Crippen LogP contribution in [0.4, 0.5) is 5.69 Å². The van der Waals surface area contributed by atoms with Crippen LogP contribution in [0.3, 0.4) is 0 Å². The van der Waals surface area contributed by atoms with Crippen LogP contribution in [-0.4, -0.2) is 22.0 Å². The van der Waals surface area contributed by atoms with Crippen molar-refractivity contribution in [3.63, 3.8) is 0 Å². The van der Waals surface area contributed by atoms with Gasteiger partial charge in [0.25, 0.3) is 0 Å². The standard InChI is InChI=1S/C40H40N3O2.Pt/c1-24(2)29-16-11-17-30(25(3)4)38(29)43-33-23-40(5,6)32-18-8-7-15-31(32)37(33)42-39(43)27-13-9-14-28(22-27)45-35-21-20-26-12-10-19-34(44)36(26)41-35;/h7-21,24-25,33,37,44H,23H2,1-6H3;/q-1;/t33-,37-;/m0./s1. The molecule has 2 atom stereocenters. The molecule has 4 aromatic carbocycles. The molecule has 0 radical (unpaired) electrons. The van der Waals surface area contributed by atoms with Gasteiger partial charge >= 0.3 is 0 Å². The fraction of sp³-hybridized carbons (Fsp3) is 0.300. The van der Waals surface area contributed by atoms with E-state index in [-0.39, 0.29) is 44.3 Å². The van der Waals surface area contributed by atoms with Gasteiger partial charge in [0.1, 0.15) is 11.3 Å². The summed E-state index contributed by atoms with van der Waals surface area (Å²) in [4.78, 5) is 12.7. The zero-order valence-electron chi connectivity index (χ0n) is 27.2. The number of benzene rings is 4. The van der Waals surface area contributed by atoms with Crippen LogP contribution in [-0.2, 0) is 26.5 Å². The molecule has 2 aliphatic rings. The van der Waals surface area contributed by atoms with E-state index in [0.29, 0.717) is 29.0 Å². The second-order valence-electron chi connectivity index (χ2n) is 13.6. The summed E-state index contributed by atoms with van der Waals surface area (Å²) < 4.78 is 6.26. The first-order chi connectivity index (χ1) is 21.6. The zero-order chi connectivity index (χ0) is 31.5. The van der Waals surface area contributed by atoms with E-state index in [1.54, 1.807) is 6.07 Å². The smallest absolute Gasteiger partial charge is 0.217 e. The van der Waals surface area contributed by atoms with E-state index in [0.717, 1.165) is 23.2 Å². The molecule has 1 aliphatic heterocycles. The zero-order valence-corrected chi connectivity index (χ0v) is 29.5. The van der Waals surface area contributed by atoms with Gasteiger partial charge in [-0.25, -0.2) is 4.98 Å². The molecule has 7 rings (SSSR count). The molecule has 238 valence electrons. The number of para-hydroxylation sites is 2. The van der Waals surface area contributed by atoms with Crippen LogP contribution < -0.4 is 9.64 Å². The fourth-order valence-electron chi connectivity index (χ4n) is 7.24. The number of aliphatic imine (C=N–C) groups is 1. The summed E-state index contributed by atoms with van der Waals surface area (Å²) in [5.41, 5.74) is 8.01. The summed E-state index contributed by atoms with van der Waals surface area (Å²) >= 11 is 0. The third-order valence-electron chi connectivity index (χ3n) is 9.39. The Labute approximate surface area is 286 Å². The van der Waals surface area contributed by atoms with Gasteiger partial charge in [-0.3, -0.25) is 0 Å². The van der Waals surface area contributed by atoms with Gasteiger partial charge in [-0.1, -0.05) is 102 Å². The van der Waals surface area contributed by atoms with Gasteiger partial charge in [-0.2, -0.15) is 0 Å². The molecule has 6 heteroatoms. The van der Waals surface area contributed by atoms with Crippen molar-refractivity contribution in [1.82, 2.24) is 4.98 Å². The van der Waals surface area contributed by atoms with Crippen LogP contribution in [0.2, 0.25) is 0 Å². The van der Waals surface area contributed by atoms with Gasteiger partial charge in [0, 0.05) is 44.0 Å². The van der Waals surface area contributed by atoms with Crippen molar-refractivity contribution in [2.24, 2.45) is 4.99 Å². The van der Waals surface area contributed by atoms with Gasteiger partial charge < -0.3 is 19.7 Å². The first kappa shape index (κ1) is 32.0. The van der Waals surface area contributed by atoms with Crippen molar-refractivity contribution >= 4 is 22.4 Å². The van der Waals surface area contributed by atoms with Crippen molar-refractivity contribution in [3.8, 4) is 17.4 Å². The van der Waals surface area contributed by atoms with E-state index in [1.807, 2.05) is 36.4 Å². The molecule has 2 heterocycles. The molecule has 0 fully saturated rings. The number of phenolic OH excluding ortho intramolecular Hbond substituents is 1. The largest absolute Gasteiger partial charge is 0.506 e. The molecule has 5 aromatic rings. The number of fused-ring (bicyclic) bond motifs is 4. The average Bonchev–Trinajstić information content (AvgIpc) is 3.39. The Hall–Kier alpha value is -3.95. The maximum Gasteiger partial charge on any atom is 0.217 e. The summed E-state index contributed by atoms with van der Waals surface area (Å²) in [5.74, 6) is 2.69. The van der Waals surface area contributed by atoms with Gasteiger partial charge in [0.15, 0.2) is 0 Å². The molecule has 0 bridgehead atoms. The van der Waals surface area contributed by atoms with Crippen molar-refractivity contribution in [2.45, 2.75) is 77.3 Å². The Kier molecular flexibility index (Phi) is 8.58. The molecule has 0 saturated heterocycles. The van der Waals surface area contributed by atoms with E-state index in [2.05, 4.69) is 106 Å². The van der Waals surface area contributed by atoms with Gasteiger partial charge in [-0.15, -0.1) is 23.8 Å². The molecular formula is C40H40N3O2Pt-. The maximum absolute atomic E-state index is 10.4. The molecule has 1 aliphatic carbocycles. The van der Waals surface area contributed by atoms with Gasteiger partial charge in [0.05, 0.1) is 17.9 Å². The molecular weight excluding hydrogens is 750 g/mol. The molecule has 0 saturated carbocycles. The van der Waals surface area contributed by atoms with Crippen LogP contribution >= 0.6 is 0 Å². The fourth-order valence-corrected chi connectivity index (χ4v) is 7.24. The van der Waals surface area contributed by atoms with Crippen molar-refractivity contribution in [2.75, 3.05) is 4.90 Å². The quantitative estimate of drug-likeness (QED) is 0.174. The Bertz CT molecular complexity index is 1920. The van der Waals surface area contributed by atoms with Crippen LogP contribution in [0.25, 0.3) is 10.9 Å². The molecule has 46 heavy (non-hydrogen) atoms. The molecule has 0 unspecified atom stereocenters. The van der Waals surface area contributed by atoms with E-state index < -0.39 is 0 Å². The minimum absolute atomic E-state index is 0. The summed E-state index contributed by atoms with van der Waals surface area (Å²) in [5, 5.41) is 11.2. The van der Waals surface area contributed by atoms with E-state index in [4.69, 9.17) is 9.73 Å². The average molecular weight is 790 g/mol. The van der Waals surface area contributed by atoms with Crippen LogP contribution in [0.15, 0.2) is 96.0 Å². The monoisotopic (exact) mass is 789 g/mol. The maximum atomic E-state index is 10.4. The Balaban J connectivity index is 0.00000372. The summed E-state index contributed by atoms with van der Waals surface area (Å²) in [7, 11) is 0. The number of pyridine rings is 1. The molecule has 1 N–H and O–H groups in total. The second kappa shape index (κ2) is 12.3. The van der Waals surface area contributed by atoms with Crippen molar-refractivity contribution < 1.29 is 30.9 Å². The molecule has 5 nitrogen and oxygen atoms in total. The van der Waals surface area contributed by atoms with E-state index in [1.165, 1.54) is 27.9 Å². The van der Waals surface area contributed by atoms with Crippen molar-refractivity contribution in [3.05, 3.63) is 125 Å². The number of hydrogen-bond acceptors (Lipinski definition) is 5. The number of hydrogen-bond donors (Lipinski definition) is 1. The van der Waals surface area contributed by atoms with Gasteiger partial charge in [0.2, 0.25) is 5.88 Å². The van der Waals surface area contributed by atoms with Crippen LogP contribution in [0.5, 0.6) is 17.4 Å². The number of rotatable bonds is 6. The normalized spacial score (nSPS) is 18.3. The Morgan fingerprint density at radius 2 is 1.54 bits per heavy atom. The molecule has 1 aromatic heterocycles. The summed E-state index contributed by atoms with van der Waals surface area (Å²) in [6.45, 7) is 13.9. The van der Waals surface area contributed by atoms with Gasteiger partial charge in [-0.05, 0) is 58.1 Å². The predicted octanol–water partition coefficient (Wildman–Crippen LogP) is 9.84. The number of amidine groups is 1. The number of phenols is 1. The SMILES string of the molecule is CC(C)c1cccc(C(C)C)c1N1C(c2[c-]c(Oc3ccc4cccc(O)c4n3)ccc2)=N[C@H]2c3ccccc3C(C)(C)C[C@@H]21.[Pt]. The number of anilines is 1. The minimum Gasteiger partial charge on any atom is -0.506 e. The molecule has 0 amide bonds. The Morgan fingerprint density at radius 1 is 0.848 bits per heavy atom. The topological polar surface area (TPSA) is 58.0 Å². The minimum atomic E-state index is -0.00622. The van der Waals surface area contributed by atoms with Crippen molar-refractivity contribution in [1.29, 1.82) is 0 Å². The summed E-state index contributed by atoms with van der Waals surface area (Å²) in [6.07, 6.45) is 0.979. The third kappa shape index (κ3) is 5.53. The third-order valence-corrected chi connectivity index (χ3v) is 9.39. The first-order valence-corrected chi connectivity index (χ1v) is 16.0. The number of nitrogens with zero attached hydrogens (tertiary/aromatic N) is 3.